The second-order valence-electron chi connectivity index (χ2n) is 8.09. The van der Waals surface area contributed by atoms with Gasteiger partial charge in [0.05, 0.1) is 21.5 Å². The Morgan fingerprint density at radius 1 is 1.19 bits per heavy atom. The summed E-state index contributed by atoms with van der Waals surface area (Å²) in [6.07, 6.45) is -1.49. The fourth-order valence-electron chi connectivity index (χ4n) is 3.70. The third-order valence-corrected chi connectivity index (χ3v) is 7.49. The quantitative estimate of drug-likeness (QED) is 0.328. The number of rotatable bonds is 6. The fourth-order valence-corrected chi connectivity index (χ4v) is 4.99. The molecular formula is C22H21BrF3N7O2S. The van der Waals surface area contributed by atoms with Crippen LogP contribution in [-0.4, -0.2) is 36.4 Å². The van der Waals surface area contributed by atoms with Crippen LogP contribution in [-0.2, 0) is 17.5 Å². The van der Waals surface area contributed by atoms with Crippen molar-refractivity contribution < 1.29 is 22.8 Å². The van der Waals surface area contributed by atoms with Gasteiger partial charge in [-0.05, 0) is 55.3 Å². The molecule has 9 nitrogen and oxygen atoms in total. The first-order chi connectivity index (χ1) is 16.8. The third-order valence-electron chi connectivity index (χ3n) is 5.62. The van der Waals surface area contributed by atoms with Gasteiger partial charge in [-0.3, -0.25) is 19.0 Å². The summed E-state index contributed by atoms with van der Waals surface area (Å²) in [5.41, 5.74) is 6.13. The van der Waals surface area contributed by atoms with Gasteiger partial charge < -0.3 is 11.1 Å². The average molecular weight is 584 g/mol. The number of alkyl halides is 3. The zero-order chi connectivity index (χ0) is 26.5. The van der Waals surface area contributed by atoms with Crippen molar-refractivity contribution in [1.29, 1.82) is 0 Å². The molecule has 2 amide bonds. The number of nitrogens with two attached hydrogens (primary N) is 1. The van der Waals surface area contributed by atoms with Crippen LogP contribution < -0.4 is 11.1 Å². The molecule has 0 aromatic carbocycles. The number of fused-ring (bicyclic) bond motifs is 1. The van der Waals surface area contributed by atoms with Crippen molar-refractivity contribution in [1.82, 2.24) is 24.5 Å². The van der Waals surface area contributed by atoms with E-state index in [2.05, 4.69) is 36.4 Å². The minimum atomic E-state index is -4.74. The maximum Gasteiger partial charge on any atom is 0.433 e. The predicted molar refractivity (Wildman–Crippen MR) is 133 cm³/mol. The molecule has 0 aliphatic rings. The summed E-state index contributed by atoms with van der Waals surface area (Å²) in [5.74, 6) is -1.45. The molecule has 1 unspecified atom stereocenters. The van der Waals surface area contributed by atoms with E-state index in [0.717, 1.165) is 6.07 Å². The first kappa shape index (κ1) is 25.8. The van der Waals surface area contributed by atoms with Crippen LogP contribution in [0.25, 0.3) is 21.3 Å². The van der Waals surface area contributed by atoms with E-state index in [1.165, 1.54) is 4.68 Å². The number of aryl methyl sites for hydroxylation is 3. The Bertz CT molecular complexity index is 1490. The summed E-state index contributed by atoms with van der Waals surface area (Å²) in [6, 6.07) is 0.0952. The fraction of sp³-hybridized carbons (Fsp3) is 0.318. The first-order valence-electron chi connectivity index (χ1n) is 10.7. The van der Waals surface area contributed by atoms with Crippen LogP contribution >= 0.6 is 27.3 Å². The largest absolute Gasteiger partial charge is 0.433 e. The third kappa shape index (κ3) is 4.62. The van der Waals surface area contributed by atoms with E-state index < -0.39 is 29.7 Å². The van der Waals surface area contributed by atoms with Gasteiger partial charge in [-0.25, -0.2) is 4.98 Å². The lowest BCUT2D eigenvalue weighted by Gasteiger charge is -2.15. The molecule has 0 fully saturated rings. The molecule has 0 saturated carbocycles. The van der Waals surface area contributed by atoms with Crippen molar-refractivity contribution in [2.24, 2.45) is 5.73 Å². The van der Waals surface area contributed by atoms with Crippen molar-refractivity contribution in [3.63, 3.8) is 0 Å². The summed E-state index contributed by atoms with van der Waals surface area (Å²) in [7, 11) is 0. The molecule has 4 aromatic rings. The minimum Gasteiger partial charge on any atom is -0.365 e. The zero-order valence-corrected chi connectivity index (χ0v) is 22.0. The van der Waals surface area contributed by atoms with Gasteiger partial charge in [0.15, 0.2) is 0 Å². The van der Waals surface area contributed by atoms with Crippen LogP contribution in [0.2, 0.25) is 0 Å². The van der Waals surface area contributed by atoms with Gasteiger partial charge in [0.2, 0.25) is 5.91 Å². The molecule has 4 heterocycles. The van der Waals surface area contributed by atoms with Crippen LogP contribution in [0, 0.1) is 13.8 Å². The van der Waals surface area contributed by atoms with Gasteiger partial charge in [-0.15, -0.1) is 11.3 Å². The molecule has 0 spiro atoms. The number of thiophene rings is 1. The summed E-state index contributed by atoms with van der Waals surface area (Å²) < 4.78 is 44.9. The van der Waals surface area contributed by atoms with Gasteiger partial charge in [0.1, 0.15) is 21.4 Å². The molecule has 0 radical (unpaired) electrons. The lowest BCUT2D eigenvalue weighted by Crippen LogP contribution is -2.25. The highest BCUT2D eigenvalue weighted by atomic mass is 79.9. The number of carbonyl (C=O) groups is 2. The zero-order valence-electron chi connectivity index (χ0n) is 19.6. The Kier molecular flexibility index (Phi) is 6.68. The van der Waals surface area contributed by atoms with Crippen LogP contribution in [0.5, 0.6) is 0 Å². The van der Waals surface area contributed by atoms with Crippen LogP contribution in [0.15, 0.2) is 22.9 Å². The standard InChI is InChI=1S/C22H21BrF3N7O2S/c1-5-32-7-13(9(2)30-32)12-6-15(22(24,25)26)28-21-16(12)17(18(36-21)19(27)34)29-20(35)11(4)33-8-14(23)10(3)31-33/h6-8,11H,5H2,1-4H3,(H2,27,34)(H,29,35). The molecule has 0 aliphatic heterocycles. The highest BCUT2D eigenvalue weighted by Gasteiger charge is 2.35. The van der Waals surface area contributed by atoms with Crippen molar-refractivity contribution in [2.45, 2.75) is 46.5 Å². The number of halogens is 4. The predicted octanol–water partition coefficient (Wildman–Crippen LogP) is 5.07. The number of nitrogens with one attached hydrogen (secondary N) is 1. The Hall–Kier alpha value is -3.26. The van der Waals surface area contributed by atoms with Gasteiger partial charge >= 0.3 is 6.18 Å². The van der Waals surface area contributed by atoms with Gasteiger partial charge in [0.25, 0.3) is 5.91 Å². The second kappa shape index (κ2) is 9.32. The normalized spacial score (nSPS) is 12.8. The second-order valence-corrected chi connectivity index (χ2v) is 9.95. The number of pyridine rings is 1. The minimum absolute atomic E-state index is 0.00201. The Balaban J connectivity index is 1.94. The monoisotopic (exact) mass is 583 g/mol. The van der Waals surface area contributed by atoms with Gasteiger partial charge in [0, 0.05) is 29.9 Å². The molecule has 3 N–H and O–H groups in total. The van der Waals surface area contributed by atoms with Crippen LogP contribution in [0.3, 0.4) is 0 Å². The lowest BCUT2D eigenvalue weighted by atomic mass is 10.0. The Morgan fingerprint density at radius 2 is 1.89 bits per heavy atom. The highest BCUT2D eigenvalue weighted by Crippen LogP contribution is 2.44. The number of anilines is 1. The van der Waals surface area contributed by atoms with Gasteiger partial charge in [-0.2, -0.15) is 23.4 Å². The topological polar surface area (TPSA) is 121 Å². The maximum atomic E-state index is 13.7. The number of hydrogen-bond acceptors (Lipinski definition) is 6. The average Bonchev–Trinajstić information content (AvgIpc) is 3.47. The van der Waals surface area contributed by atoms with E-state index in [1.807, 2.05) is 6.92 Å². The number of amides is 2. The highest BCUT2D eigenvalue weighted by molar-refractivity contribution is 9.10. The molecule has 1 atom stereocenters. The number of hydrogen-bond donors (Lipinski definition) is 2. The van der Waals surface area contributed by atoms with Crippen molar-refractivity contribution in [2.75, 3.05) is 5.32 Å². The Morgan fingerprint density at radius 3 is 2.42 bits per heavy atom. The van der Waals surface area contributed by atoms with Crippen molar-refractivity contribution >= 4 is 55.0 Å². The molecule has 4 rings (SSSR count). The van der Waals surface area contributed by atoms with Gasteiger partial charge in [-0.1, -0.05) is 0 Å². The summed E-state index contributed by atoms with van der Waals surface area (Å²) >= 11 is 4.04. The van der Waals surface area contributed by atoms with Crippen LogP contribution in [0.1, 0.15) is 46.6 Å². The van der Waals surface area contributed by atoms with E-state index in [9.17, 15) is 22.8 Å². The van der Waals surface area contributed by atoms with E-state index in [1.54, 1.807) is 37.8 Å². The molecule has 14 heteroatoms. The molecule has 4 aromatic heterocycles. The number of carbonyl (C=O) groups excluding carboxylic acids is 2. The summed E-state index contributed by atoms with van der Waals surface area (Å²) in [6.45, 7) is 7.37. The molecule has 190 valence electrons. The first-order valence-corrected chi connectivity index (χ1v) is 12.3. The molecule has 0 bridgehead atoms. The van der Waals surface area contributed by atoms with E-state index in [4.69, 9.17) is 5.73 Å². The van der Waals surface area contributed by atoms with E-state index >= 15 is 0 Å². The van der Waals surface area contributed by atoms with E-state index in [0.29, 0.717) is 39.3 Å². The SMILES string of the molecule is CCn1cc(-c2cc(C(F)(F)F)nc3sc(C(N)=O)c(NC(=O)C(C)n4cc(Br)c(C)n4)c23)c(C)n1. The molecule has 36 heavy (non-hydrogen) atoms. The number of aromatic nitrogens is 5. The summed E-state index contributed by atoms with van der Waals surface area (Å²) in [4.78, 5) is 29.1. The maximum absolute atomic E-state index is 13.7. The lowest BCUT2D eigenvalue weighted by molar-refractivity contribution is -0.140. The smallest absolute Gasteiger partial charge is 0.365 e. The molecule has 0 saturated heterocycles. The van der Waals surface area contributed by atoms with Crippen LogP contribution in [0.4, 0.5) is 18.9 Å². The summed E-state index contributed by atoms with van der Waals surface area (Å²) in [5, 5.41) is 11.5. The van der Waals surface area contributed by atoms with E-state index in [-0.39, 0.29) is 26.3 Å². The molecule has 0 aliphatic carbocycles. The Labute approximate surface area is 215 Å². The van der Waals surface area contributed by atoms with Crippen molar-refractivity contribution in [3.05, 3.63) is 44.9 Å². The number of primary amides is 1. The number of nitrogens with zero attached hydrogens (tertiary/aromatic N) is 5. The molecular weight excluding hydrogens is 563 g/mol. The van der Waals surface area contributed by atoms with Crippen molar-refractivity contribution in [3.8, 4) is 11.1 Å².